The lowest BCUT2D eigenvalue weighted by molar-refractivity contribution is -0.0666. The number of morpholine rings is 1. The number of carbonyl (C=O) groups is 1. The molecular formula is C16H23NO3S. The molecule has 1 N–H and O–H groups in total. The minimum atomic E-state index is -0.247. The Morgan fingerprint density at radius 3 is 3.05 bits per heavy atom. The Bertz CT molecular complexity index is 490. The molecule has 1 saturated heterocycles. The molecule has 1 amide bonds. The van der Waals surface area contributed by atoms with Crippen molar-refractivity contribution < 1.29 is 14.6 Å². The number of fused-ring (bicyclic) bond motifs is 1. The summed E-state index contributed by atoms with van der Waals surface area (Å²) in [5.74, 6) is 0.0994. The number of aliphatic hydroxyl groups is 1. The van der Waals surface area contributed by atoms with E-state index in [-0.39, 0.29) is 24.7 Å². The summed E-state index contributed by atoms with van der Waals surface area (Å²) in [5.41, 5.74) is 1.38. The summed E-state index contributed by atoms with van der Waals surface area (Å²) < 4.78 is 5.51. The Kier molecular flexibility index (Phi) is 4.62. The minimum absolute atomic E-state index is 0.0303. The van der Waals surface area contributed by atoms with Gasteiger partial charge in [-0.15, -0.1) is 11.3 Å². The van der Waals surface area contributed by atoms with Gasteiger partial charge in [0, 0.05) is 11.4 Å². The molecular weight excluding hydrogens is 286 g/mol. The van der Waals surface area contributed by atoms with E-state index in [2.05, 4.69) is 6.07 Å². The van der Waals surface area contributed by atoms with Gasteiger partial charge < -0.3 is 14.7 Å². The highest BCUT2D eigenvalue weighted by Gasteiger charge is 2.31. The van der Waals surface area contributed by atoms with Crippen LogP contribution < -0.4 is 0 Å². The van der Waals surface area contributed by atoms with Gasteiger partial charge in [0.15, 0.2) is 0 Å². The lowest BCUT2D eigenvalue weighted by Crippen LogP contribution is -2.51. The van der Waals surface area contributed by atoms with Crippen LogP contribution in [-0.2, 0) is 17.6 Å². The molecule has 3 rings (SSSR count). The van der Waals surface area contributed by atoms with Crippen LogP contribution in [0.3, 0.4) is 0 Å². The van der Waals surface area contributed by atoms with E-state index in [4.69, 9.17) is 4.74 Å². The Morgan fingerprint density at radius 1 is 1.43 bits per heavy atom. The summed E-state index contributed by atoms with van der Waals surface area (Å²) in [4.78, 5) is 16.9. The molecule has 21 heavy (non-hydrogen) atoms. The Hall–Kier alpha value is -0.910. The molecule has 4 nitrogen and oxygen atoms in total. The average Bonchev–Trinajstić information content (AvgIpc) is 2.78. The van der Waals surface area contributed by atoms with Gasteiger partial charge in [0.05, 0.1) is 30.2 Å². The molecule has 0 spiro atoms. The first-order chi connectivity index (χ1) is 10.2. The summed E-state index contributed by atoms with van der Waals surface area (Å²) >= 11 is 1.67. The van der Waals surface area contributed by atoms with Crippen molar-refractivity contribution in [1.82, 2.24) is 4.90 Å². The summed E-state index contributed by atoms with van der Waals surface area (Å²) in [6.07, 6.45) is 5.74. The zero-order chi connectivity index (χ0) is 14.8. The van der Waals surface area contributed by atoms with Gasteiger partial charge in [0.1, 0.15) is 0 Å². The Balaban J connectivity index is 1.78. The third-order valence-electron chi connectivity index (χ3n) is 4.43. The van der Waals surface area contributed by atoms with Gasteiger partial charge in [0.25, 0.3) is 5.91 Å². The van der Waals surface area contributed by atoms with Crippen LogP contribution >= 0.6 is 11.3 Å². The fraction of sp³-hybridized carbons (Fsp3) is 0.688. The van der Waals surface area contributed by atoms with Gasteiger partial charge in [-0.3, -0.25) is 4.79 Å². The third kappa shape index (κ3) is 3.15. The fourth-order valence-corrected chi connectivity index (χ4v) is 4.33. The maximum absolute atomic E-state index is 12.8. The summed E-state index contributed by atoms with van der Waals surface area (Å²) in [6.45, 7) is 2.96. The number of nitrogens with zero attached hydrogens (tertiary/aromatic N) is 1. The molecule has 2 aliphatic rings. The molecule has 0 saturated carbocycles. The van der Waals surface area contributed by atoms with Crippen molar-refractivity contribution >= 4 is 17.2 Å². The van der Waals surface area contributed by atoms with Crippen LogP contribution in [0.1, 0.15) is 46.3 Å². The number of carbonyl (C=O) groups excluding carboxylic acids is 1. The van der Waals surface area contributed by atoms with E-state index in [1.807, 2.05) is 11.8 Å². The van der Waals surface area contributed by atoms with Gasteiger partial charge >= 0.3 is 0 Å². The number of hydrogen-bond donors (Lipinski definition) is 1. The number of thiophene rings is 1. The molecule has 2 unspecified atom stereocenters. The second-order valence-corrected chi connectivity index (χ2v) is 7.20. The van der Waals surface area contributed by atoms with E-state index in [0.29, 0.717) is 13.2 Å². The number of hydrogen-bond acceptors (Lipinski definition) is 4. The SMILES string of the molecule is CC1COC(CO)CN1C(=O)c1cc2c(s1)CCCCC2. The van der Waals surface area contributed by atoms with E-state index < -0.39 is 0 Å². The molecule has 2 heterocycles. The summed E-state index contributed by atoms with van der Waals surface area (Å²) in [7, 11) is 0. The Labute approximate surface area is 129 Å². The van der Waals surface area contributed by atoms with Gasteiger partial charge in [-0.2, -0.15) is 0 Å². The van der Waals surface area contributed by atoms with Gasteiger partial charge in [0.2, 0.25) is 0 Å². The predicted octanol–water partition coefficient (Wildman–Crippen LogP) is 2.24. The normalized spacial score (nSPS) is 26.3. The van der Waals surface area contributed by atoms with Crippen LogP contribution in [0.2, 0.25) is 0 Å². The number of ether oxygens (including phenoxy) is 1. The maximum atomic E-state index is 12.8. The highest BCUT2D eigenvalue weighted by Crippen LogP contribution is 2.30. The standard InChI is InChI=1S/C16H23NO3S/c1-11-10-20-13(9-18)8-17(11)16(19)15-7-12-5-3-2-4-6-14(12)21-15/h7,11,13,18H,2-6,8-10H2,1H3. The van der Waals surface area contributed by atoms with Gasteiger partial charge in [-0.1, -0.05) is 6.42 Å². The molecule has 1 aliphatic heterocycles. The Morgan fingerprint density at radius 2 is 2.24 bits per heavy atom. The molecule has 2 atom stereocenters. The second-order valence-electron chi connectivity index (χ2n) is 6.06. The average molecular weight is 309 g/mol. The van der Waals surface area contributed by atoms with Crippen LogP contribution in [0.5, 0.6) is 0 Å². The van der Waals surface area contributed by atoms with Crippen molar-refractivity contribution in [2.24, 2.45) is 0 Å². The first-order valence-electron chi connectivity index (χ1n) is 7.84. The first-order valence-corrected chi connectivity index (χ1v) is 8.65. The van der Waals surface area contributed by atoms with E-state index in [1.165, 1.54) is 29.7 Å². The number of amides is 1. The van der Waals surface area contributed by atoms with Crippen molar-refractivity contribution in [2.45, 2.75) is 51.2 Å². The second kappa shape index (κ2) is 6.46. The van der Waals surface area contributed by atoms with Crippen molar-refractivity contribution in [2.75, 3.05) is 19.8 Å². The van der Waals surface area contributed by atoms with Crippen LogP contribution in [0.4, 0.5) is 0 Å². The molecule has 1 aromatic heterocycles. The van der Waals surface area contributed by atoms with E-state index in [0.717, 1.165) is 17.7 Å². The van der Waals surface area contributed by atoms with Crippen molar-refractivity contribution in [3.63, 3.8) is 0 Å². The molecule has 0 bridgehead atoms. The largest absolute Gasteiger partial charge is 0.394 e. The molecule has 0 aromatic carbocycles. The van der Waals surface area contributed by atoms with Crippen LogP contribution in [0, 0.1) is 0 Å². The topological polar surface area (TPSA) is 49.8 Å². The zero-order valence-corrected chi connectivity index (χ0v) is 13.3. The third-order valence-corrected chi connectivity index (χ3v) is 5.65. The number of rotatable bonds is 2. The van der Waals surface area contributed by atoms with E-state index in [9.17, 15) is 9.90 Å². The quantitative estimate of drug-likeness (QED) is 0.852. The van der Waals surface area contributed by atoms with Crippen LogP contribution in [0.25, 0.3) is 0 Å². The van der Waals surface area contributed by atoms with Crippen molar-refractivity contribution in [3.05, 3.63) is 21.4 Å². The predicted molar refractivity (Wildman–Crippen MR) is 82.9 cm³/mol. The first kappa shape index (κ1) is 15.0. The summed E-state index contributed by atoms with van der Waals surface area (Å²) in [6, 6.07) is 2.17. The smallest absolute Gasteiger partial charge is 0.264 e. The number of aryl methyl sites for hydroxylation is 2. The monoisotopic (exact) mass is 309 g/mol. The van der Waals surface area contributed by atoms with Crippen LogP contribution in [-0.4, -0.2) is 47.8 Å². The van der Waals surface area contributed by atoms with Crippen molar-refractivity contribution in [1.29, 1.82) is 0 Å². The van der Waals surface area contributed by atoms with Crippen molar-refractivity contribution in [3.8, 4) is 0 Å². The van der Waals surface area contributed by atoms with Crippen LogP contribution in [0.15, 0.2) is 6.07 Å². The molecule has 1 aromatic rings. The molecule has 116 valence electrons. The van der Waals surface area contributed by atoms with E-state index in [1.54, 1.807) is 11.3 Å². The fourth-order valence-electron chi connectivity index (χ4n) is 3.13. The van der Waals surface area contributed by atoms with Gasteiger partial charge in [-0.05, 0) is 44.2 Å². The molecule has 0 radical (unpaired) electrons. The molecule has 1 fully saturated rings. The summed E-state index contributed by atoms with van der Waals surface area (Å²) in [5, 5.41) is 9.25. The number of aliphatic hydroxyl groups excluding tert-OH is 1. The lowest BCUT2D eigenvalue weighted by atomic mass is 10.1. The lowest BCUT2D eigenvalue weighted by Gasteiger charge is -2.37. The zero-order valence-electron chi connectivity index (χ0n) is 12.5. The van der Waals surface area contributed by atoms with E-state index >= 15 is 0 Å². The highest BCUT2D eigenvalue weighted by atomic mass is 32.1. The minimum Gasteiger partial charge on any atom is -0.394 e. The highest BCUT2D eigenvalue weighted by molar-refractivity contribution is 7.14. The molecule has 1 aliphatic carbocycles. The molecule has 5 heteroatoms. The maximum Gasteiger partial charge on any atom is 0.264 e. The van der Waals surface area contributed by atoms with Gasteiger partial charge in [-0.25, -0.2) is 0 Å².